The minimum Gasteiger partial charge on any atom is -0.300 e. The number of benzene rings is 2. The van der Waals surface area contributed by atoms with Crippen molar-refractivity contribution in [2.45, 2.75) is 13.5 Å². The van der Waals surface area contributed by atoms with Crippen molar-refractivity contribution in [3.05, 3.63) is 62.6 Å². The van der Waals surface area contributed by atoms with Gasteiger partial charge in [-0.05, 0) is 42.3 Å². The van der Waals surface area contributed by atoms with E-state index in [2.05, 4.69) is 15.9 Å². The summed E-state index contributed by atoms with van der Waals surface area (Å²) in [6.45, 7) is 2.24. The van der Waals surface area contributed by atoms with E-state index in [0.717, 1.165) is 15.6 Å². The lowest BCUT2D eigenvalue weighted by Gasteiger charge is -2.17. The summed E-state index contributed by atoms with van der Waals surface area (Å²) in [4.78, 5) is 25.7. The summed E-state index contributed by atoms with van der Waals surface area (Å²) in [5.74, 6) is -0.986. The van der Waals surface area contributed by atoms with Gasteiger partial charge in [0.1, 0.15) is 0 Å². The summed E-state index contributed by atoms with van der Waals surface area (Å²) < 4.78 is 0.823. The van der Waals surface area contributed by atoms with E-state index in [1.54, 1.807) is 18.2 Å². The molecule has 0 aromatic heterocycles. The van der Waals surface area contributed by atoms with E-state index in [0.29, 0.717) is 16.3 Å². The Hall–Kier alpha value is -1.65. The summed E-state index contributed by atoms with van der Waals surface area (Å²) in [5, 5.41) is 0.596. The molecule has 1 heterocycles. The first-order chi connectivity index (χ1) is 9.97. The molecule has 0 atom stereocenters. The Morgan fingerprint density at radius 1 is 1.14 bits per heavy atom. The number of nitrogens with zero attached hydrogens (tertiary/aromatic N) is 1. The van der Waals surface area contributed by atoms with Crippen LogP contribution in [0.3, 0.4) is 0 Å². The van der Waals surface area contributed by atoms with Gasteiger partial charge in [-0.1, -0.05) is 39.7 Å². The number of hydrogen-bond donors (Lipinski definition) is 0. The number of Topliss-reactive ketones (excluding diaryl/α,β-unsaturated/α-hetero) is 1. The van der Waals surface area contributed by atoms with Crippen LogP contribution < -0.4 is 4.90 Å². The maximum atomic E-state index is 12.2. The van der Waals surface area contributed by atoms with Crippen molar-refractivity contribution in [1.29, 1.82) is 0 Å². The maximum Gasteiger partial charge on any atom is 0.299 e. The molecule has 1 amide bonds. The number of amides is 1. The Morgan fingerprint density at radius 3 is 2.62 bits per heavy atom. The van der Waals surface area contributed by atoms with Crippen molar-refractivity contribution < 1.29 is 9.59 Å². The number of ketones is 1. The van der Waals surface area contributed by atoms with Gasteiger partial charge in [-0.3, -0.25) is 9.59 Å². The number of carbonyl (C=O) groups is 2. The summed E-state index contributed by atoms with van der Waals surface area (Å²) in [7, 11) is 0. The normalized spacial score (nSPS) is 13.8. The average Bonchev–Trinajstić information content (AvgIpc) is 2.66. The highest BCUT2D eigenvalue weighted by Crippen LogP contribution is 2.33. The third-order valence-electron chi connectivity index (χ3n) is 3.47. The van der Waals surface area contributed by atoms with Gasteiger partial charge in [0.05, 0.1) is 17.8 Å². The van der Waals surface area contributed by atoms with Crippen molar-refractivity contribution in [3.8, 4) is 0 Å². The van der Waals surface area contributed by atoms with Crippen molar-refractivity contribution >= 4 is 44.9 Å². The molecule has 21 heavy (non-hydrogen) atoms. The zero-order valence-electron chi connectivity index (χ0n) is 11.2. The van der Waals surface area contributed by atoms with Crippen LogP contribution in [0.5, 0.6) is 0 Å². The molecule has 3 nitrogen and oxygen atoms in total. The molecule has 0 bridgehead atoms. The molecule has 0 aliphatic carbocycles. The molecule has 1 aliphatic rings. The van der Waals surface area contributed by atoms with Gasteiger partial charge in [0.15, 0.2) is 0 Å². The van der Waals surface area contributed by atoms with Gasteiger partial charge in [-0.25, -0.2) is 0 Å². The second-order valence-corrected chi connectivity index (χ2v) is 6.30. The SMILES string of the molecule is Cc1ccc(CN2C(=O)C(=O)c3ccc(Br)cc32)c(Cl)c1. The van der Waals surface area contributed by atoms with Gasteiger partial charge in [-0.2, -0.15) is 0 Å². The van der Waals surface area contributed by atoms with Gasteiger partial charge in [0.25, 0.3) is 11.7 Å². The molecule has 2 aromatic carbocycles. The number of carbonyl (C=O) groups excluding carboxylic acids is 2. The molecule has 0 fully saturated rings. The topological polar surface area (TPSA) is 37.4 Å². The minimum absolute atomic E-state index is 0.285. The molecule has 0 N–H and O–H groups in total. The zero-order valence-corrected chi connectivity index (χ0v) is 13.5. The molecule has 0 saturated heterocycles. The summed E-state index contributed by atoms with van der Waals surface area (Å²) in [6.07, 6.45) is 0. The molecule has 106 valence electrons. The third kappa shape index (κ3) is 2.49. The molecule has 3 rings (SSSR count). The summed E-state index contributed by atoms with van der Waals surface area (Å²) >= 11 is 9.58. The highest BCUT2D eigenvalue weighted by atomic mass is 79.9. The van der Waals surface area contributed by atoms with E-state index >= 15 is 0 Å². The highest BCUT2D eigenvalue weighted by Gasteiger charge is 2.35. The lowest BCUT2D eigenvalue weighted by atomic mass is 10.1. The number of halogens is 2. The van der Waals surface area contributed by atoms with Crippen LogP contribution in [0.25, 0.3) is 0 Å². The summed E-state index contributed by atoms with van der Waals surface area (Å²) in [5.41, 5.74) is 2.93. The number of anilines is 1. The number of rotatable bonds is 2. The van der Waals surface area contributed by atoms with E-state index in [1.807, 2.05) is 25.1 Å². The van der Waals surface area contributed by atoms with E-state index in [4.69, 9.17) is 11.6 Å². The molecule has 0 radical (unpaired) electrons. The Morgan fingerprint density at radius 2 is 1.90 bits per heavy atom. The predicted octanol–water partition coefficient (Wildman–Crippen LogP) is 4.14. The first-order valence-corrected chi connectivity index (χ1v) is 7.55. The van der Waals surface area contributed by atoms with Crippen LogP contribution in [0.4, 0.5) is 5.69 Å². The van der Waals surface area contributed by atoms with Crippen molar-refractivity contribution in [1.82, 2.24) is 0 Å². The van der Waals surface area contributed by atoms with Crippen molar-refractivity contribution in [2.24, 2.45) is 0 Å². The molecule has 2 aromatic rings. The van der Waals surface area contributed by atoms with Gasteiger partial charge in [0, 0.05) is 9.50 Å². The smallest absolute Gasteiger partial charge is 0.299 e. The zero-order chi connectivity index (χ0) is 15.1. The first kappa shape index (κ1) is 14.3. The van der Waals surface area contributed by atoms with Gasteiger partial charge >= 0.3 is 0 Å². The predicted molar refractivity (Wildman–Crippen MR) is 85.9 cm³/mol. The highest BCUT2D eigenvalue weighted by molar-refractivity contribution is 9.10. The first-order valence-electron chi connectivity index (χ1n) is 6.38. The van der Waals surface area contributed by atoms with Crippen LogP contribution in [0.2, 0.25) is 5.02 Å². The molecular formula is C16H11BrClNO2. The van der Waals surface area contributed by atoms with Crippen LogP contribution in [0, 0.1) is 6.92 Å². The second-order valence-electron chi connectivity index (χ2n) is 4.98. The van der Waals surface area contributed by atoms with Crippen LogP contribution in [-0.2, 0) is 11.3 Å². The molecular weight excluding hydrogens is 354 g/mol. The largest absolute Gasteiger partial charge is 0.300 e. The molecule has 5 heteroatoms. The van der Waals surface area contributed by atoms with E-state index in [1.165, 1.54) is 4.90 Å². The van der Waals surface area contributed by atoms with Gasteiger partial charge < -0.3 is 4.90 Å². The molecule has 0 spiro atoms. The lowest BCUT2D eigenvalue weighted by molar-refractivity contribution is -0.114. The molecule has 0 unspecified atom stereocenters. The molecule has 1 aliphatic heterocycles. The third-order valence-corrected chi connectivity index (χ3v) is 4.32. The standard InChI is InChI=1S/C16H11BrClNO2/c1-9-2-3-10(13(18)6-9)8-19-14-7-11(17)4-5-12(14)15(20)16(19)21/h2-7H,8H2,1H3. The monoisotopic (exact) mass is 363 g/mol. The lowest BCUT2D eigenvalue weighted by Crippen LogP contribution is -2.29. The van der Waals surface area contributed by atoms with Crippen LogP contribution in [-0.4, -0.2) is 11.7 Å². The number of aryl methyl sites for hydroxylation is 1. The fourth-order valence-electron chi connectivity index (χ4n) is 2.38. The molecule has 0 saturated carbocycles. The fourth-order valence-corrected chi connectivity index (χ4v) is 3.02. The Labute approximate surface area is 135 Å². The fraction of sp³-hybridized carbons (Fsp3) is 0.125. The van der Waals surface area contributed by atoms with E-state index in [-0.39, 0.29) is 6.54 Å². The van der Waals surface area contributed by atoms with Crippen LogP contribution in [0.1, 0.15) is 21.5 Å². The van der Waals surface area contributed by atoms with Crippen molar-refractivity contribution in [3.63, 3.8) is 0 Å². The number of hydrogen-bond acceptors (Lipinski definition) is 2. The Balaban J connectivity index is 2.02. The Kier molecular flexibility index (Phi) is 3.59. The van der Waals surface area contributed by atoms with Crippen LogP contribution >= 0.6 is 27.5 Å². The summed E-state index contributed by atoms with van der Waals surface area (Å²) in [6, 6.07) is 10.9. The minimum atomic E-state index is -0.514. The van der Waals surface area contributed by atoms with Crippen LogP contribution in [0.15, 0.2) is 40.9 Å². The quantitative estimate of drug-likeness (QED) is 0.751. The van der Waals surface area contributed by atoms with Gasteiger partial charge in [-0.15, -0.1) is 0 Å². The number of fused-ring (bicyclic) bond motifs is 1. The van der Waals surface area contributed by atoms with E-state index < -0.39 is 11.7 Å². The Bertz CT molecular complexity index is 773. The van der Waals surface area contributed by atoms with Gasteiger partial charge in [0.2, 0.25) is 0 Å². The second kappa shape index (κ2) is 5.28. The van der Waals surface area contributed by atoms with Crippen molar-refractivity contribution in [2.75, 3.05) is 4.90 Å². The average molecular weight is 365 g/mol. The maximum absolute atomic E-state index is 12.2. The van der Waals surface area contributed by atoms with E-state index in [9.17, 15) is 9.59 Å².